The molecular formula is C22H41N3O5. The molecule has 8 nitrogen and oxygen atoms in total. The number of unbranched alkanes of at least 4 members (excludes halogenated alkanes) is 12. The first-order valence-electron chi connectivity index (χ1n) is 11.4. The summed E-state index contributed by atoms with van der Waals surface area (Å²) < 4.78 is 0. The van der Waals surface area contributed by atoms with Crippen molar-refractivity contribution in [2.24, 2.45) is 5.73 Å². The summed E-state index contributed by atoms with van der Waals surface area (Å²) in [4.78, 5) is 45.2. The quantitative estimate of drug-likeness (QED) is 0.221. The van der Waals surface area contributed by atoms with E-state index in [4.69, 9.17) is 10.8 Å². The topological polar surface area (TPSA) is 139 Å². The Morgan fingerprint density at radius 2 is 1.23 bits per heavy atom. The molecule has 0 unspecified atom stereocenters. The lowest BCUT2D eigenvalue weighted by atomic mass is 10.0. The molecule has 0 heterocycles. The second kappa shape index (κ2) is 18.9. The van der Waals surface area contributed by atoms with Gasteiger partial charge in [0.1, 0.15) is 6.04 Å². The number of aliphatic carboxylic acids is 1. The molecule has 174 valence electrons. The number of carbonyl (C=O) groups excluding carboxylic acids is 3. The third-order valence-electron chi connectivity index (χ3n) is 4.99. The molecule has 0 fully saturated rings. The van der Waals surface area contributed by atoms with E-state index >= 15 is 0 Å². The fraction of sp³-hybridized carbons (Fsp3) is 0.818. The van der Waals surface area contributed by atoms with E-state index in [-0.39, 0.29) is 12.5 Å². The van der Waals surface area contributed by atoms with E-state index in [1.54, 1.807) is 0 Å². The summed E-state index contributed by atoms with van der Waals surface area (Å²) >= 11 is 0. The van der Waals surface area contributed by atoms with Crippen molar-refractivity contribution >= 4 is 23.7 Å². The van der Waals surface area contributed by atoms with Gasteiger partial charge < -0.3 is 21.5 Å². The fourth-order valence-electron chi connectivity index (χ4n) is 3.22. The largest absolute Gasteiger partial charge is 0.480 e. The Kier molecular flexibility index (Phi) is 17.5. The third kappa shape index (κ3) is 17.9. The van der Waals surface area contributed by atoms with Crippen LogP contribution in [0.5, 0.6) is 0 Å². The Balaban J connectivity index is 3.58. The first-order valence-corrected chi connectivity index (χ1v) is 11.4. The molecular weight excluding hydrogens is 386 g/mol. The van der Waals surface area contributed by atoms with Gasteiger partial charge in [0.15, 0.2) is 0 Å². The molecule has 0 spiro atoms. The molecule has 0 aliphatic heterocycles. The Morgan fingerprint density at radius 3 is 1.67 bits per heavy atom. The van der Waals surface area contributed by atoms with Crippen molar-refractivity contribution in [2.45, 2.75) is 109 Å². The Labute approximate surface area is 180 Å². The lowest BCUT2D eigenvalue weighted by Crippen LogP contribution is -2.47. The highest BCUT2D eigenvalue weighted by atomic mass is 16.4. The van der Waals surface area contributed by atoms with Crippen molar-refractivity contribution in [2.75, 3.05) is 6.54 Å². The third-order valence-corrected chi connectivity index (χ3v) is 4.99. The summed E-state index contributed by atoms with van der Waals surface area (Å²) in [6, 6.07) is -1.38. The van der Waals surface area contributed by atoms with Crippen molar-refractivity contribution in [1.82, 2.24) is 10.6 Å². The first kappa shape index (κ1) is 27.9. The number of nitrogens with one attached hydrogen (secondary N) is 2. The minimum Gasteiger partial charge on any atom is -0.480 e. The van der Waals surface area contributed by atoms with Gasteiger partial charge in [-0.2, -0.15) is 0 Å². The smallest absolute Gasteiger partial charge is 0.326 e. The summed E-state index contributed by atoms with van der Waals surface area (Å²) in [5.74, 6) is -3.08. The summed E-state index contributed by atoms with van der Waals surface area (Å²) in [5.41, 5.74) is 4.95. The van der Waals surface area contributed by atoms with Crippen molar-refractivity contribution in [3.8, 4) is 0 Å². The zero-order chi connectivity index (χ0) is 22.6. The van der Waals surface area contributed by atoms with Gasteiger partial charge in [-0.05, 0) is 6.42 Å². The maximum atomic E-state index is 11.8. The van der Waals surface area contributed by atoms with Gasteiger partial charge in [0.2, 0.25) is 17.7 Å². The standard InChI is InChI=1S/C22H41N3O5/c1-2-3-4-5-6-7-8-9-10-11-12-13-14-15-20(27)24-17-21(28)25-18(22(29)30)16-19(23)26/h18H,2-17H2,1H3,(H2,23,26)(H,24,27)(H,25,28)(H,29,30)/t18-/m0/s1. The molecule has 0 saturated carbocycles. The summed E-state index contributed by atoms with van der Waals surface area (Å²) in [6.45, 7) is 1.92. The summed E-state index contributed by atoms with van der Waals surface area (Å²) in [7, 11) is 0. The maximum Gasteiger partial charge on any atom is 0.326 e. The second-order valence-corrected chi connectivity index (χ2v) is 7.90. The molecule has 0 aliphatic rings. The lowest BCUT2D eigenvalue weighted by Gasteiger charge is -2.13. The van der Waals surface area contributed by atoms with Crippen LogP contribution in [0.3, 0.4) is 0 Å². The number of rotatable bonds is 20. The van der Waals surface area contributed by atoms with Crippen LogP contribution >= 0.6 is 0 Å². The Morgan fingerprint density at radius 1 is 0.767 bits per heavy atom. The highest BCUT2D eigenvalue weighted by Gasteiger charge is 2.22. The zero-order valence-electron chi connectivity index (χ0n) is 18.5. The average Bonchev–Trinajstić information content (AvgIpc) is 2.69. The Hall–Kier alpha value is -2.12. The highest BCUT2D eigenvalue weighted by Crippen LogP contribution is 2.12. The minimum atomic E-state index is -1.38. The number of hydrogen-bond acceptors (Lipinski definition) is 4. The van der Waals surface area contributed by atoms with E-state index in [1.807, 2.05) is 0 Å². The molecule has 8 heteroatoms. The monoisotopic (exact) mass is 427 g/mol. The molecule has 1 atom stereocenters. The van der Waals surface area contributed by atoms with Gasteiger partial charge in [-0.25, -0.2) is 4.79 Å². The number of carboxylic acids is 1. The predicted octanol–water partition coefficient (Wildman–Crippen LogP) is 3.03. The van der Waals surface area contributed by atoms with Gasteiger partial charge in [0, 0.05) is 6.42 Å². The summed E-state index contributed by atoms with van der Waals surface area (Å²) in [5, 5.41) is 13.6. The van der Waals surface area contributed by atoms with Gasteiger partial charge in [-0.1, -0.05) is 84.0 Å². The Bertz CT molecular complexity index is 511. The molecule has 0 aromatic rings. The average molecular weight is 428 g/mol. The van der Waals surface area contributed by atoms with Crippen LogP contribution in [0.4, 0.5) is 0 Å². The highest BCUT2D eigenvalue weighted by molar-refractivity contribution is 5.90. The van der Waals surface area contributed by atoms with Crippen molar-refractivity contribution < 1.29 is 24.3 Å². The van der Waals surface area contributed by atoms with E-state index in [0.29, 0.717) is 6.42 Å². The van der Waals surface area contributed by atoms with Gasteiger partial charge in [-0.3, -0.25) is 14.4 Å². The molecule has 0 radical (unpaired) electrons. The van der Waals surface area contributed by atoms with Crippen LogP contribution in [-0.4, -0.2) is 41.4 Å². The van der Waals surface area contributed by atoms with E-state index < -0.39 is 30.2 Å². The van der Waals surface area contributed by atoms with Crippen LogP contribution in [0.25, 0.3) is 0 Å². The van der Waals surface area contributed by atoms with Crippen LogP contribution in [0.2, 0.25) is 0 Å². The second-order valence-electron chi connectivity index (χ2n) is 7.90. The number of carboxylic acid groups (broad SMARTS) is 1. The molecule has 0 bridgehead atoms. The van der Waals surface area contributed by atoms with E-state index in [1.165, 1.54) is 64.2 Å². The molecule has 0 aromatic heterocycles. The van der Waals surface area contributed by atoms with E-state index in [0.717, 1.165) is 19.3 Å². The van der Waals surface area contributed by atoms with Crippen molar-refractivity contribution in [3.63, 3.8) is 0 Å². The fourth-order valence-corrected chi connectivity index (χ4v) is 3.22. The normalized spacial score (nSPS) is 11.6. The minimum absolute atomic E-state index is 0.241. The molecule has 0 aromatic carbocycles. The van der Waals surface area contributed by atoms with Crippen LogP contribution in [-0.2, 0) is 19.2 Å². The van der Waals surface area contributed by atoms with Crippen LogP contribution < -0.4 is 16.4 Å². The van der Waals surface area contributed by atoms with Gasteiger partial charge in [-0.15, -0.1) is 0 Å². The number of carbonyl (C=O) groups is 4. The lowest BCUT2D eigenvalue weighted by molar-refractivity contribution is -0.143. The van der Waals surface area contributed by atoms with Crippen LogP contribution in [0, 0.1) is 0 Å². The van der Waals surface area contributed by atoms with E-state index in [9.17, 15) is 19.2 Å². The number of amides is 3. The zero-order valence-corrected chi connectivity index (χ0v) is 18.5. The van der Waals surface area contributed by atoms with E-state index in [2.05, 4.69) is 17.6 Å². The molecule has 0 rings (SSSR count). The number of primary amides is 1. The van der Waals surface area contributed by atoms with Gasteiger partial charge >= 0.3 is 5.97 Å². The van der Waals surface area contributed by atoms with Gasteiger partial charge in [0.25, 0.3) is 0 Å². The first-order chi connectivity index (χ1) is 14.4. The maximum absolute atomic E-state index is 11.8. The van der Waals surface area contributed by atoms with Crippen LogP contribution in [0.1, 0.15) is 103 Å². The number of nitrogens with two attached hydrogens (primary N) is 1. The predicted molar refractivity (Wildman–Crippen MR) is 117 cm³/mol. The molecule has 0 aliphatic carbocycles. The summed E-state index contributed by atoms with van der Waals surface area (Å²) in [6.07, 6.45) is 15.8. The van der Waals surface area contributed by atoms with Crippen molar-refractivity contribution in [3.05, 3.63) is 0 Å². The van der Waals surface area contributed by atoms with Crippen molar-refractivity contribution in [1.29, 1.82) is 0 Å². The molecule has 5 N–H and O–H groups in total. The van der Waals surface area contributed by atoms with Gasteiger partial charge in [0.05, 0.1) is 13.0 Å². The van der Waals surface area contributed by atoms with Crippen LogP contribution in [0.15, 0.2) is 0 Å². The number of hydrogen-bond donors (Lipinski definition) is 4. The molecule has 0 saturated heterocycles. The molecule has 3 amide bonds. The molecule has 30 heavy (non-hydrogen) atoms. The SMILES string of the molecule is CCCCCCCCCCCCCCCC(=O)NCC(=O)N[C@@H](CC(N)=O)C(=O)O.